The normalized spacial score (nSPS) is 27.4. The first-order chi connectivity index (χ1) is 11.6. The van der Waals surface area contributed by atoms with E-state index in [2.05, 4.69) is 15.3 Å². The number of amides is 1. The highest BCUT2D eigenvalue weighted by Crippen LogP contribution is 2.30. The molecule has 1 amide bonds. The van der Waals surface area contributed by atoms with Gasteiger partial charge in [0.1, 0.15) is 0 Å². The second kappa shape index (κ2) is 8.56. The number of nitrogen functional groups attached to an aromatic ring is 1. The molecule has 0 radical (unpaired) electrons. The number of carbonyl (C=O) groups excluding carboxylic acids is 1. The minimum absolute atomic E-state index is 0. The number of halogens is 2. The molecule has 1 saturated heterocycles. The maximum absolute atomic E-state index is 12.9. The van der Waals surface area contributed by atoms with Gasteiger partial charge in [0.2, 0.25) is 11.9 Å². The van der Waals surface area contributed by atoms with Crippen molar-refractivity contribution in [2.75, 3.05) is 25.4 Å². The summed E-state index contributed by atoms with van der Waals surface area (Å²) in [7, 11) is 0. The molecule has 3 heterocycles. The lowest BCUT2D eigenvalue weighted by molar-refractivity contribution is -0.140. The molecule has 26 heavy (non-hydrogen) atoms. The van der Waals surface area contributed by atoms with Gasteiger partial charge in [-0.05, 0) is 25.7 Å². The van der Waals surface area contributed by atoms with Crippen molar-refractivity contribution in [3.05, 3.63) is 21.6 Å². The summed E-state index contributed by atoms with van der Waals surface area (Å²) in [6.07, 6.45) is 3.37. The van der Waals surface area contributed by atoms with E-state index < -0.39 is 0 Å². The van der Waals surface area contributed by atoms with E-state index in [9.17, 15) is 9.59 Å². The Morgan fingerprint density at radius 3 is 2.92 bits per heavy atom. The van der Waals surface area contributed by atoms with Gasteiger partial charge >= 0.3 is 0 Å². The molecule has 146 valence electrons. The molecule has 3 aliphatic rings. The third-order valence-corrected chi connectivity index (χ3v) is 5.38. The van der Waals surface area contributed by atoms with Crippen LogP contribution >= 0.6 is 24.8 Å². The minimum atomic E-state index is -0.186. The smallest absolute Gasteiger partial charge is 0.255 e. The number of hydrogen-bond acceptors (Lipinski definition) is 6. The van der Waals surface area contributed by atoms with E-state index >= 15 is 0 Å². The average Bonchev–Trinajstić information content (AvgIpc) is 2.60. The van der Waals surface area contributed by atoms with Crippen molar-refractivity contribution in [2.45, 2.75) is 44.4 Å². The minimum Gasteiger partial charge on any atom is -0.375 e. The highest BCUT2D eigenvalue weighted by Gasteiger charge is 2.38. The molecule has 4 N–H and O–H groups in total. The number of nitrogens with one attached hydrogen (secondary N) is 2. The number of fused-ring (bicyclic) bond motifs is 2. The fraction of sp³-hybridized carbons (Fsp3) is 0.688. The number of rotatable bonds is 1. The molecule has 1 aliphatic carbocycles. The summed E-state index contributed by atoms with van der Waals surface area (Å²) < 4.78 is 5.78. The number of aromatic nitrogens is 2. The molecule has 1 aromatic heterocycles. The van der Waals surface area contributed by atoms with Gasteiger partial charge in [0.05, 0.1) is 24.9 Å². The lowest BCUT2D eigenvalue weighted by Crippen LogP contribution is -2.53. The largest absolute Gasteiger partial charge is 0.375 e. The number of ether oxygens (including phenoxy) is 1. The molecule has 1 aromatic rings. The number of nitrogens with two attached hydrogens (primary N) is 1. The van der Waals surface area contributed by atoms with Gasteiger partial charge in [-0.2, -0.15) is 0 Å². The second-order valence-corrected chi connectivity index (χ2v) is 6.87. The molecule has 4 rings (SSSR count). The van der Waals surface area contributed by atoms with E-state index in [1.54, 1.807) is 0 Å². The van der Waals surface area contributed by atoms with Crippen LogP contribution in [0.1, 0.15) is 30.5 Å². The molecule has 0 aromatic carbocycles. The van der Waals surface area contributed by atoms with Crippen LogP contribution in [0.15, 0.2) is 4.79 Å². The second-order valence-electron chi connectivity index (χ2n) is 6.87. The van der Waals surface area contributed by atoms with E-state index in [1.807, 2.05) is 4.90 Å². The van der Waals surface area contributed by atoms with Gasteiger partial charge in [-0.15, -0.1) is 24.8 Å². The Balaban J connectivity index is 0.00000121. The first-order valence-corrected chi connectivity index (χ1v) is 8.63. The van der Waals surface area contributed by atoms with Crippen molar-refractivity contribution in [3.8, 4) is 0 Å². The summed E-state index contributed by atoms with van der Waals surface area (Å²) in [5.74, 6) is 0.283. The SMILES string of the molecule is Cl.Cl.Nc1nc2c(c(=O)[nH]1)CCN(C(=O)[C@H]1CC[C@H]3OCCN[C@@H]3C1)C2. The van der Waals surface area contributed by atoms with Gasteiger partial charge in [0.15, 0.2) is 0 Å². The van der Waals surface area contributed by atoms with Crippen LogP contribution in [0.2, 0.25) is 0 Å². The van der Waals surface area contributed by atoms with Crippen molar-refractivity contribution in [2.24, 2.45) is 5.92 Å². The Morgan fingerprint density at radius 2 is 2.12 bits per heavy atom. The molecule has 3 atom stereocenters. The van der Waals surface area contributed by atoms with Gasteiger partial charge in [0.25, 0.3) is 5.56 Å². The Hall–Kier alpha value is -1.35. The molecule has 2 aliphatic heterocycles. The highest BCUT2D eigenvalue weighted by atomic mass is 35.5. The van der Waals surface area contributed by atoms with E-state index in [0.717, 1.165) is 32.4 Å². The van der Waals surface area contributed by atoms with Crippen LogP contribution in [0.5, 0.6) is 0 Å². The van der Waals surface area contributed by atoms with Crippen molar-refractivity contribution >= 4 is 36.7 Å². The van der Waals surface area contributed by atoms with Crippen LogP contribution in [-0.2, 0) is 22.5 Å². The monoisotopic (exact) mass is 405 g/mol. The van der Waals surface area contributed by atoms with Crippen LogP contribution < -0.4 is 16.6 Å². The third kappa shape index (κ3) is 3.98. The van der Waals surface area contributed by atoms with Gasteiger partial charge in [0, 0.05) is 30.6 Å². The number of carbonyl (C=O) groups is 1. The third-order valence-electron chi connectivity index (χ3n) is 5.38. The maximum atomic E-state index is 12.9. The van der Waals surface area contributed by atoms with Crippen molar-refractivity contribution in [1.82, 2.24) is 20.2 Å². The lowest BCUT2D eigenvalue weighted by atomic mass is 9.82. The standard InChI is InChI=1S/C16H23N5O3.2ClH/c17-16-19-12-8-21(5-3-10(12)14(22)20-16)15(23)9-1-2-13-11(7-9)18-4-6-24-13;;/h9,11,13,18H,1-8H2,(H3,17,19,20,22);2*1H/t9-,11+,13+;;/m0../s1. The average molecular weight is 406 g/mol. The van der Waals surface area contributed by atoms with Crippen LogP contribution in [0.3, 0.4) is 0 Å². The number of aromatic amines is 1. The van der Waals surface area contributed by atoms with Gasteiger partial charge in [-0.1, -0.05) is 0 Å². The van der Waals surface area contributed by atoms with E-state index in [-0.39, 0.29) is 60.3 Å². The molecular formula is C16H25Cl2N5O3. The molecular weight excluding hydrogens is 381 g/mol. The topological polar surface area (TPSA) is 113 Å². The summed E-state index contributed by atoms with van der Waals surface area (Å²) in [5, 5.41) is 3.47. The van der Waals surface area contributed by atoms with E-state index in [0.29, 0.717) is 30.8 Å². The van der Waals surface area contributed by atoms with Crippen molar-refractivity contribution in [3.63, 3.8) is 0 Å². The number of morpholine rings is 1. The number of hydrogen-bond donors (Lipinski definition) is 3. The predicted molar refractivity (Wildman–Crippen MR) is 102 cm³/mol. The molecule has 8 nitrogen and oxygen atoms in total. The fourth-order valence-electron chi connectivity index (χ4n) is 4.14. The van der Waals surface area contributed by atoms with Crippen molar-refractivity contribution < 1.29 is 9.53 Å². The summed E-state index contributed by atoms with van der Waals surface area (Å²) >= 11 is 0. The quantitative estimate of drug-likeness (QED) is 0.616. The maximum Gasteiger partial charge on any atom is 0.255 e. The number of nitrogens with zero attached hydrogens (tertiary/aromatic N) is 2. The van der Waals surface area contributed by atoms with E-state index in [1.165, 1.54) is 0 Å². The zero-order valence-electron chi connectivity index (χ0n) is 14.4. The molecule has 2 fully saturated rings. The Bertz CT molecular complexity index is 714. The fourth-order valence-corrected chi connectivity index (χ4v) is 4.14. The molecule has 0 unspecified atom stereocenters. The molecule has 0 bridgehead atoms. The summed E-state index contributed by atoms with van der Waals surface area (Å²) in [4.78, 5) is 33.4. The lowest BCUT2D eigenvalue weighted by Gasteiger charge is -2.41. The Morgan fingerprint density at radius 1 is 1.31 bits per heavy atom. The molecule has 10 heteroatoms. The first kappa shape index (κ1) is 21.0. The number of H-pyrrole nitrogens is 1. The van der Waals surface area contributed by atoms with Crippen LogP contribution in [-0.4, -0.2) is 52.6 Å². The Labute approximate surface area is 164 Å². The van der Waals surface area contributed by atoms with E-state index in [4.69, 9.17) is 10.5 Å². The molecule has 1 saturated carbocycles. The summed E-state index contributed by atoms with van der Waals surface area (Å²) in [6.45, 7) is 2.54. The van der Waals surface area contributed by atoms with Crippen molar-refractivity contribution in [1.29, 1.82) is 0 Å². The number of anilines is 1. The highest BCUT2D eigenvalue weighted by molar-refractivity contribution is 5.85. The zero-order chi connectivity index (χ0) is 16.7. The predicted octanol–water partition coefficient (Wildman–Crippen LogP) is 0.237. The van der Waals surface area contributed by atoms with Crippen LogP contribution in [0.4, 0.5) is 5.95 Å². The first-order valence-electron chi connectivity index (χ1n) is 8.63. The Kier molecular flexibility index (Phi) is 6.90. The molecule has 0 spiro atoms. The van der Waals surface area contributed by atoms with Gasteiger partial charge in [-0.3, -0.25) is 14.6 Å². The summed E-state index contributed by atoms with van der Waals surface area (Å²) in [5.41, 5.74) is 6.72. The summed E-state index contributed by atoms with van der Waals surface area (Å²) in [6, 6.07) is 0.273. The van der Waals surface area contributed by atoms with Gasteiger partial charge < -0.3 is 20.7 Å². The zero-order valence-corrected chi connectivity index (χ0v) is 16.0. The van der Waals surface area contributed by atoms with Gasteiger partial charge in [-0.25, -0.2) is 4.98 Å². The van der Waals surface area contributed by atoms with Crippen LogP contribution in [0, 0.1) is 5.92 Å². The van der Waals surface area contributed by atoms with Crippen LogP contribution in [0.25, 0.3) is 0 Å².